The van der Waals surface area contributed by atoms with Crippen LogP contribution in [-0.2, 0) is 6.54 Å². The van der Waals surface area contributed by atoms with Crippen molar-refractivity contribution in [1.82, 2.24) is 9.88 Å². The molecule has 3 aromatic rings. The minimum atomic E-state index is -0.142. The summed E-state index contributed by atoms with van der Waals surface area (Å²) in [6.45, 7) is 2.44. The van der Waals surface area contributed by atoms with Crippen LogP contribution in [0.5, 0.6) is 0 Å². The van der Waals surface area contributed by atoms with E-state index >= 15 is 0 Å². The second kappa shape index (κ2) is 6.92. The predicted octanol–water partition coefficient (Wildman–Crippen LogP) is 4.08. The van der Waals surface area contributed by atoms with Gasteiger partial charge in [0.1, 0.15) is 0 Å². The lowest BCUT2D eigenvalue weighted by molar-refractivity contribution is 0.0638. The van der Waals surface area contributed by atoms with Crippen molar-refractivity contribution in [2.75, 3.05) is 0 Å². The Morgan fingerprint density at radius 1 is 1.09 bits per heavy atom. The minimum absolute atomic E-state index is 0.0872. The van der Waals surface area contributed by atoms with Crippen molar-refractivity contribution >= 4 is 5.91 Å². The van der Waals surface area contributed by atoms with E-state index < -0.39 is 0 Å². The molecule has 0 bridgehead atoms. The van der Waals surface area contributed by atoms with Crippen LogP contribution in [0.2, 0.25) is 0 Å². The van der Waals surface area contributed by atoms with E-state index in [-0.39, 0.29) is 11.9 Å². The molecule has 2 aromatic heterocycles. The summed E-state index contributed by atoms with van der Waals surface area (Å²) in [7, 11) is 0. The molecule has 0 aliphatic rings. The third-order valence-corrected chi connectivity index (χ3v) is 3.80. The van der Waals surface area contributed by atoms with Crippen LogP contribution in [0, 0.1) is 0 Å². The monoisotopic (exact) mass is 306 g/mol. The van der Waals surface area contributed by atoms with E-state index in [2.05, 4.69) is 4.98 Å². The number of benzene rings is 1. The first-order chi connectivity index (χ1) is 11.3. The standard InChI is InChI=1S/C19H18N2O2/c1-15(16-8-3-2-4-9-16)21(14-17-10-5-6-12-20-17)19(22)18-11-7-13-23-18/h2-13,15H,14H2,1H3/t15-/m0/s1. The smallest absolute Gasteiger partial charge is 0.290 e. The van der Waals surface area contributed by atoms with Gasteiger partial charge in [-0.2, -0.15) is 0 Å². The summed E-state index contributed by atoms with van der Waals surface area (Å²) in [6, 6.07) is 19.0. The molecule has 23 heavy (non-hydrogen) atoms. The Morgan fingerprint density at radius 2 is 1.87 bits per heavy atom. The first-order valence-corrected chi connectivity index (χ1v) is 7.55. The Balaban J connectivity index is 1.91. The predicted molar refractivity (Wildman–Crippen MR) is 87.7 cm³/mol. The van der Waals surface area contributed by atoms with Crippen LogP contribution in [0.4, 0.5) is 0 Å². The number of hydrogen-bond donors (Lipinski definition) is 0. The molecule has 0 aliphatic heterocycles. The summed E-state index contributed by atoms with van der Waals surface area (Å²) in [5.74, 6) is 0.195. The van der Waals surface area contributed by atoms with Crippen LogP contribution in [-0.4, -0.2) is 15.8 Å². The lowest BCUT2D eigenvalue weighted by Crippen LogP contribution is -2.33. The topological polar surface area (TPSA) is 46.3 Å². The van der Waals surface area contributed by atoms with Gasteiger partial charge in [0.05, 0.1) is 24.5 Å². The zero-order chi connectivity index (χ0) is 16.1. The van der Waals surface area contributed by atoms with Crippen molar-refractivity contribution in [3.05, 3.63) is 90.1 Å². The molecule has 4 nitrogen and oxygen atoms in total. The number of hydrogen-bond acceptors (Lipinski definition) is 3. The van der Waals surface area contributed by atoms with E-state index in [0.29, 0.717) is 12.3 Å². The molecular weight excluding hydrogens is 288 g/mol. The van der Waals surface area contributed by atoms with Crippen LogP contribution in [0.3, 0.4) is 0 Å². The molecule has 0 N–H and O–H groups in total. The highest BCUT2D eigenvalue weighted by Gasteiger charge is 2.25. The zero-order valence-corrected chi connectivity index (χ0v) is 12.9. The maximum absolute atomic E-state index is 12.8. The Hall–Kier alpha value is -2.88. The molecule has 2 heterocycles. The Kier molecular flexibility index (Phi) is 4.52. The molecule has 3 rings (SSSR count). The summed E-state index contributed by atoms with van der Waals surface area (Å²) in [6.07, 6.45) is 3.25. The number of pyridine rings is 1. The second-order valence-corrected chi connectivity index (χ2v) is 5.32. The fourth-order valence-corrected chi connectivity index (χ4v) is 2.50. The van der Waals surface area contributed by atoms with E-state index in [0.717, 1.165) is 11.3 Å². The fraction of sp³-hybridized carbons (Fsp3) is 0.158. The van der Waals surface area contributed by atoms with Gasteiger partial charge in [0.15, 0.2) is 5.76 Å². The summed E-state index contributed by atoms with van der Waals surface area (Å²) in [5.41, 5.74) is 1.92. The van der Waals surface area contributed by atoms with Gasteiger partial charge < -0.3 is 9.32 Å². The molecule has 0 aliphatic carbocycles. The van der Waals surface area contributed by atoms with Gasteiger partial charge in [0.25, 0.3) is 5.91 Å². The molecule has 0 spiro atoms. The number of carbonyl (C=O) groups excluding carboxylic acids is 1. The lowest BCUT2D eigenvalue weighted by atomic mass is 10.1. The molecule has 0 saturated heterocycles. The van der Waals surface area contributed by atoms with Crippen molar-refractivity contribution < 1.29 is 9.21 Å². The summed E-state index contributed by atoms with van der Waals surface area (Å²) < 4.78 is 5.29. The maximum Gasteiger partial charge on any atom is 0.290 e. The van der Waals surface area contributed by atoms with Crippen LogP contribution in [0.1, 0.15) is 34.8 Å². The van der Waals surface area contributed by atoms with Gasteiger partial charge in [-0.15, -0.1) is 0 Å². The molecule has 0 unspecified atom stereocenters. The van der Waals surface area contributed by atoms with E-state index in [1.54, 1.807) is 23.2 Å². The van der Waals surface area contributed by atoms with Crippen molar-refractivity contribution in [3.63, 3.8) is 0 Å². The van der Waals surface area contributed by atoms with E-state index in [1.807, 2.05) is 55.5 Å². The molecule has 1 amide bonds. The number of amides is 1. The number of furan rings is 1. The summed E-state index contributed by atoms with van der Waals surface area (Å²) in [4.78, 5) is 18.9. The Morgan fingerprint density at radius 3 is 2.52 bits per heavy atom. The van der Waals surface area contributed by atoms with Crippen molar-refractivity contribution in [2.45, 2.75) is 19.5 Å². The second-order valence-electron chi connectivity index (χ2n) is 5.32. The highest BCUT2D eigenvalue weighted by Crippen LogP contribution is 2.24. The molecule has 0 radical (unpaired) electrons. The molecule has 0 fully saturated rings. The number of aromatic nitrogens is 1. The van der Waals surface area contributed by atoms with Crippen molar-refractivity contribution in [3.8, 4) is 0 Å². The minimum Gasteiger partial charge on any atom is -0.459 e. The maximum atomic E-state index is 12.8. The van der Waals surface area contributed by atoms with E-state index in [4.69, 9.17) is 4.42 Å². The van der Waals surface area contributed by atoms with Gasteiger partial charge in [-0.3, -0.25) is 9.78 Å². The highest BCUT2D eigenvalue weighted by molar-refractivity contribution is 5.91. The summed E-state index contributed by atoms with van der Waals surface area (Å²) in [5, 5.41) is 0. The van der Waals surface area contributed by atoms with Gasteiger partial charge in [-0.1, -0.05) is 36.4 Å². The first kappa shape index (κ1) is 15.0. The van der Waals surface area contributed by atoms with Gasteiger partial charge in [0.2, 0.25) is 0 Å². The van der Waals surface area contributed by atoms with Gasteiger partial charge in [-0.05, 0) is 36.8 Å². The number of carbonyl (C=O) groups is 1. The van der Waals surface area contributed by atoms with Gasteiger partial charge in [-0.25, -0.2) is 0 Å². The average Bonchev–Trinajstić information content (AvgIpc) is 3.15. The van der Waals surface area contributed by atoms with Crippen LogP contribution >= 0.6 is 0 Å². The molecule has 116 valence electrons. The van der Waals surface area contributed by atoms with Crippen molar-refractivity contribution in [1.29, 1.82) is 0 Å². The molecule has 0 saturated carbocycles. The third-order valence-electron chi connectivity index (χ3n) is 3.80. The average molecular weight is 306 g/mol. The lowest BCUT2D eigenvalue weighted by Gasteiger charge is -2.28. The number of rotatable bonds is 5. The van der Waals surface area contributed by atoms with Crippen LogP contribution in [0.25, 0.3) is 0 Å². The quantitative estimate of drug-likeness (QED) is 0.713. The third kappa shape index (κ3) is 3.48. The Bertz CT molecular complexity index is 740. The molecule has 1 aromatic carbocycles. The fourth-order valence-electron chi connectivity index (χ4n) is 2.50. The van der Waals surface area contributed by atoms with Crippen molar-refractivity contribution in [2.24, 2.45) is 0 Å². The zero-order valence-electron chi connectivity index (χ0n) is 12.9. The van der Waals surface area contributed by atoms with Gasteiger partial charge >= 0.3 is 0 Å². The molecular formula is C19H18N2O2. The summed E-state index contributed by atoms with van der Waals surface area (Å²) >= 11 is 0. The number of nitrogens with zero attached hydrogens (tertiary/aromatic N) is 2. The van der Waals surface area contributed by atoms with Crippen LogP contribution < -0.4 is 0 Å². The van der Waals surface area contributed by atoms with Crippen LogP contribution in [0.15, 0.2) is 77.5 Å². The molecule has 1 atom stereocenters. The first-order valence-electron chi connectivity index (χ1n) is 7.55. The largest absolute Gasteiger partial charge is 0.459 e. The molecule has 4 heteroatoms. The normalized spacial score (nSPS) is 11.9. The Labute approximate surface area is 135 Å². The highest BCUT2D eigenvalue weighted by atomic mass is 16.3. The van der Waals surface area contributed by atoms with Gasteiger partial charge in [0, 0.05) is 6.20 Å². The SMILES string of the molecule is C[C@@H](c1ccccc1)N(Cc1ccccn1)C(=O)c1ccco1. The van der Waals surface area contributed by atoms with E-state index in [1.165, 1.54) is 6.26 Å². The van der Waals surface area contributed by atoms with E-state index in [9.17, 15) is 4.79 Å².